The normalized spacial score (nSPS) is 19.3. The molecule has 0 radical (unpaired) electrons. The van der Waals surface area contributed by atoms with E-state index in [9.17, 15) is 0 Å². The van der Waals surface area contributed by atoms with Gasteiger partial charge in [0, 0.05) is 24.6 Å². The van der Waals surface area contributed by atoms with Crippen LogP contribution in [0, 0.1) is 0 Å². The quantitative estimate of drug-likeness (QED) is 0.635. The van der Waals surface area contributed by atoms with Gasteiger partial charge >= 0.3 is 0 Å². The van der Waals surface area contributed by atoms with E-state index in [0.717, 1.165) is 30.9 Å². The number of likely N-dealkylation sites (N-methyl/N-ethyl adjacent to an activating group) is 1. The number of aromatic nitrogens is 2. The van der Waals surface area contributed by atoms with E-state index in [1.807, 2.05) is 18.2 Å². The Kier molecular flexibility index (Phi) is 5.94. The van der Waals surface area contributed by atoms with Crippen molar-refractivity contribution in [2.45, 2.75) is 44.6 Å². The maximum Gasteiger partial charge on any atom is 0.133 e. The van der Waals surface area contributed by atoms with Gasteiger partial charge < -0.3 is 15.0 Å². The Balaban J connectivity index is 1.40. The lowest BCUT2D eigenvalue weighted by atomic mass is 9.91. The van der Waals surface area contributed by atoms with E-state index in [-0.39, 0.29) is 0 Å². The van der Waals surface area contributed by atoms with Gasteiger partial charge in [0.25, 0.3) is 0 Å². The summed E-state index contributed by atoms with van der Waals surface area (Å²) in [5, 5.41) is 8.85. The second-order valence-electron chi connectivity index (χ2n) is 8.88. The molecule has 5 heteroatoms. The Morgan fingerprint density at radius 2 is 1.87 bits per heavy atom. The topological polar surface area (TPSA) is 42.3 Å². The zero-order valence-electron chi connectivity index (χ0n) is 18.4. The van der Waals surface area contributed by atoms with E-state index < -0.39 is 0 Å². The summed E-state index contributed by atoms with van der Waals surface area (Å²) < 4.78 is 8.11. The Morgan fingerprint density at radius 1 is 1.03 bits per heavy atom. The zero-order valence-corrected chi connectivity index (χ0v) is 18.4. The summed E-state index contributed by atoms with van der Waals surface area (Å²) in [6.45, 7) is 3.90. The highest BCUT2D eigenvalue weighted by Gasteiger charge is 2.28. The predicted octanol–water partition coefficient (Wildman–Crippen LogP) is 5.01. The van der Waals surface area contributed by atoms with E-state index in [0.29, 0.717) is 12.5 Å². The van der Waals surface area contributed by atoms with Crippen molar-refractivity contribution >= 4 is 5.82 Å². The average molecular weight is 417 g/mol. The van der Waals surface area contributed by atoms with Gasteiger partial charge in [0.1, 0.15) is 18.2 Å². The van der Waals surface area contributed by atoms with Gasteiger partial charge in [-0.05, 0) is 75.5 Å². The molecule has 5 nitrogen and oxygen atoms in total. The summed E-state index contributed by atoms with van der Waals surface area (Å²) in [5.74, 6) is 2.61. The number of nitrogens with zero attached hydrogens (tertiary/aromatic N) is 3. The Labute approximate surface area is 185 Å². The van der Waals surface area contributed by atoms with E-state index >= 15 is 0 Å². The van der Waals surface area contributed by atoms with Crippen LogP contribution in [0.2, 0.25) is 0 Å². The lowest BCUT2D eigenvalue weighted by molar-refractivity contribution is 0.247. The molecule has 3 heterocycles. The molecule has 1 unspecified atom stereocenters. The summed E-state index contributed by atoms with van der Waals surface area (Å²) in [5.41, 5.74) is 5.01. The number of rotatable bonds is 5. The fourth-order valence-electron chi connectivity index (χ4n) is 4.86. The summed E-state index contributed by atoms with van der Waals surface area (Å²) in [6, 6.07) is 18.6. The predicted molar refractivity (Wildman–Crippen MR) is 125 cm³/mol. The van der Waals surface area contributed by atoms with Crippen LogP contribution in [0.5, 0.6) is 5.75 Å². The lowest BCUT2D eigenvalue weighted by Gasteiger charge is -2.29. The fraction of sp³-hybridized carbons (Fsp3) is 0.423. The van der Waals surface area contributed by atoms with Crippen LogP contribution in [-0.2, 0) is 13.0 Å². The van der Waals surface area contributed by atoms with Crippen LogP contribution in [0.3, 0.4) is 0 Å². The molecule has 162 valence electrons. The van der Waals surface area contributed by atoms with E-state index in [4.69, 9.17) is 9.84 Å². The number of benzene rings is 2. The fourth-order valence-corrected chi connectivity index (χ4v) is 4.86. The third-order valence-corrected chi connectivity index (χ3v) is 6.50. The first-order chi connectivity index (χ1) is 15.3. The lowest BCUT2D eigenvalue weighted by Crippen LogP contribution is -2.31. The van der Waals surface area contributed by atoms with Crippen molar-refractivity contribution in [1.29, 1.82) is 0 Å². The highest BCUT2D eigenvalue weighted by Crippen LogP contribution is 2.35. The molecule has 0 amide bonds. The van der Waals surface area contributed by atoms with E-state index in [1.165, 1.54) is 54.9 Å². The van der Waals surface area contributed by atoms with Gasteiger partial charge in [-0.25, -0.2) is 4.68 Å². The van der Waals surface area contributed by atoms with Crippen LogP contribution in [0.25, 0.3) is 5.69 Å². The summed E-state index contributed by atoms with van der Waals surface area (Å²) in [6.07, 6.45) is 6.05. The van der Waals surface area contributed by atoms with E-state index in [1.54, 1.807) is 0 Å². The van der Waals surface area contributed by atoms with Crippen LogP contribution in [0.15, 0.2) is 54.6 Å². The number of anilines is 1. The van der Waals surface area contributed by atoms with Crippen LogP contribution >= 0.6 is 0 Å². The van der Waals surface area contributed by atoms with E-state index in [2.05, 4.69) is 58.3 Å². The van der Waals surface area contributed by atoms with Crippen molar-refractivity contribution in [2.75, 3.05) is 32.0 Å². The molecule has 3 aromatic rings. The number of fused-ring (bicyclic) bond motifs is 1. The Bertz CT molecular complexity index is 996. The minimum Gasteiger partial charge on any atom is -0.489 e. The SMILES string of the molecule is CN1CCCC(c2nn(-c3ccc(OCc4ccccc4)cc3)c3c2CCCCN3)C1. The second-order valence-corrected chi connectivity index (χ2v) is 8.88. The number of nitrogens with one attached hydrogen (secondary N) is 1. The average Bonchev–Trinajstić information content (AvgIpc) is 2.99. The maximum absolute atomic E-state index is 5.98. The van der Waals surface area contributed by atoms with Crippen LogP contribution in [-0.4, -0.2) is 41.4 Å². The molecule has 1 N–H and O–H groups in total. The molecule has 1 atom stereocenters. The summed E-state index contributed by atoms with van der Waals surface area (Å²) >= 11 is 0. The zero-order chi connectivity index (χ0) is 21.0. The van der Waals surface area contributed by atoms with Crippen LogP contribution in [0.4, 0.5) is 5.82 Å². The molecule has 31 heavy (non-hydrogen) atoms. The van der Waals surface area contributed by atoms with Gasteiger partial charge in [0.2, 0.25) is 0 Å². The third-order valence-electron chi connectivity index (χ3n) is 6.50. The number of ether oxygens (including phenoxy) is 1. The molecular formula is C26H32N4O. The molecule has 0 bridgehead atoms. The highest BCUT2D eigenvalue weighted by molar-refractivity contribution is 5.55. The van der Waals surface area contributed by atoms with Gasteiger partial charge in [0.15, 0.2) is 0 Å². The molecule has 2 aromatic carbocycles. The first kappa shape index (κ1) is 20.1. The molecule has 2 aliphatic rings. The third kappa shape index (κ3) is 4.47. The van der Waals surface area contributed by atoms with Crippen molar-refractivity contribution in [2.24, 2.45) is 0 Å². The number of likely N-dealkylation sites (tertiary alicyclic amines) is 1. The van der Waals surface area contributed by atoms with Gasteiger partial charge in [-0.3, -0.25) is 0 Å². The van der Waals surface area contributed by atoms with Crippen molar-refractivity contribution in [3.8, 4) is 11.4 Å². The Morgan fingerprint density at radius 3 is 2.68 bits per heavy atom. The summed E-state index contributed by atoms with van der Waals surface area (Å²) in [4.78, 5) is 2.45. The Hall–Kier alpha value is -2.79. The molecule has 2 aliphatic heterocycles. The van der Waals surface area contributed by atoms with Crippen LogP contribution in [0.1, 0.15) is 48.4 Å². The highest BCUT2D eigenvalue weighted by atomic mass is 16.5. The minimum atomic E-state index is 0.530. The van der Waals surface area contributed by atoms with Crippen molar-refractivity contribution in [3.63, 3.8) is 0 Å². The van der Waals surface area contributed by atoms with Gasteiger partial charge in [-0.1, -0.05) is 30.3 Å². The smallest absolute Gasteiger partial charge is 0.133 e. The van der Waals surface area contributed by atoms with Crippen molar-refractivity contribution in [3.05, 3.63) is 71.4 Å². The molecule has 0 spiro atoms. The van der Waals surface area contributed by atoms with Crippen molar-refractivity contribution in [1.82, 2.24) is 14.7 Å². The van der Waals surface area contributed by atoms with Gasteiger partial charge in [-0.2, -0.15) is 5.10 Å². The first-order valence-corrected chi connectivity index (χ1v) is 11.6. The van der Waals surface area contributed by atoms with Crippen molar-refractivity contribution < 1.29 is 4.74 Å². The van der Waals surface area contributed by atoms with Crippen LogP contribution < -0.4 is 10.1 Å². The minimum absolute atomic E-state index is 0.530. The molecule has 0 aliphatic carbocycles. The number of piperidine rings is 1. The standard InChI is InChI=1S/C26H32N4O/c1-29-17-7-10-21(18-29)25-24-11-5-6-16-27-26(24)30(28-25)22-12-14-23(15-13-22)31-19-20-8-3-2-4-9-20/h2-4,8-9,12-15,21,27H,5-7,10-11,16-19H2,1H3. The molecule has 5 rings (SSSR count). The molecule has 1 saturated heterocycles. The van der Waals surface area contributed by atoms with Gasteiger partial charge in [0.05, 0.1) is 11.4 Å². The van der Waals surface area contributed by atoms with Gasteiger partial charge in [-0.15, -0.1) is 0 Å². The largest absolute Gasteiger partial charge is 0.489 e. The molecule has 1 aromatic heterocycles. The monoisotopic (exact) mass is 416 g/mol. The number of hydrogen-bond donors (Lipinski definition) is 1. The maximum atomic E-state index is 5.98. The molecular weight excluding hydrogens is 384 g/mol. The summed E-state index contributed by atoms with van der Waals surface area (Å²) in [7, 11) is 2.23. The molecule has 0 saturated carbocycles. The number of hydrogen-bond acceptors (Lipinski definition) is 4. The molecule has 1 fully saturated rings. The second kappa shape index (κ2) is 9.15. The first-order valence-electron chi connectivity index (χ1n) is 11.6.